The second kappa shape index (κ2) is 5.96. The van der Waals surface area contributed by atoms with Crippen molar-refractivity contribution in [3.05, 3.63) is 81.5 Å². The molecule has 24 heavy (non-hydrogen) atoms. The van der Waals surface area contributed by atoms with Gasteiger partial charge in [-0.25, -0.2) is 14.4 Å². The highest BCUT2D eigenvalue weighted by molar-refractivity contribution is 6.36. The van der Waals surface area contributed by atoms with E-state index in [0.717, 1.165) is 16.8 Å². The summed E-state index contributed by atoms with van der Waals surface area (Å²) >= 11 is 12.4. The maximum Gasteiger partial charge on any atom is 0.134 e. The topological polar surface area (TPSA) is 38.1 Å². The van der Waals surface area contributed by atoms with Crippen molar-refractivity contribution in [2.75, 3.05) is 0 Å². The average molecular weight is 358 g/mol. The van der Waals surface area contributed by atoms with Gasteiger partial charge in [0.1, 0.15) is 12.1 Å². The maximum atomic E-state index is 14.5. The highest BCUT2D eigenvalue weighted by atomic mass is 35.5. The number of fused-ring (bicyclic) bond motifs is 3. The Morgan fingerprint density at radius 3 is 2.75 bits per heavy atom. The van der Waals surface area contributed by atoms with Gasteiger partial charge in [0.25, 0.3) is 0 Å². The van der Waals surface area contributed by atoms with Crippen LogP contribution in [0.3, 0.4) is 0 Å². The van der Waals surface area contributed by atoms with Crippen molar-refractivity contribution in [2.24, 2.45) is 4.99 Å². The Hall–Kier alpha value is -2.30. The first-order valence-corrected chi connectivity index (χ1v) is 7.99. The van der Waals surface area contributed by atoms with Crippen LogP contribution in [0, 0.1) is 5.82 Å². The van der Waals surface area contributed by atoms with Gasteiger partial charge in [-0.2, -0.15) is 0 Å². The van der Waals surface area contributed by atoms with Gasteiger partial charge in [-0.1, -0.05) is 35.3 Å². The molecule has 1 aliphatic rings. The van der Waals surface area contributed by atoms with E-state index in [4.69, 9.17) is 23.2 Å². The zero-order valence-electron chi connectivity index (χ0n) is 12.3. The SMILES string of the molecule is Fc1cccc(Cl)c1C1=NCc2cncnc2-c2ccc(Cl)cc21. The van der Waals surface area contributed by atoms with Gasteiger partial charge in [-0.05, 0) is 24.3 Å². The lowest BCUT2D eigenvalue weighted by molar-refractivity contribution is 0.625. The molecule has 1 aromatic heterocycles. The lowest BCUT2D eigenvalue weighted by Gasteiger charge is -2.13. The fourth-order valence-electron chi connectivity index (χ4n) is 2.82. The molecule has 0 atom stereocenters. The van der Waals surface area contributed by atoms with Crippen molar-refractivity contribution in [3.8, 4) is 11.3 Å². The normalized spacial score (nSPS) is 12.9. The van der Waals surface area contributed by atoms with Gasteiger partial charge >= 0.3 is 0 Å². The molecule has 2 aromatic carbocycles. The summed E-state index contributed by atoms with van der Waals surface area (Å²) in [6.07, 6.45) is 3.20. The molecule has 2 heterocycles. The molecule has 0 aliphatic carbocycles. The van der Waals surface area contributed by atoms with E-state index in [9.17, 15) is 4.39 Å². The predicted molar refractivity (Wildman–Crippen MR) is 93.2 cm³/mol. The van der Waals surface area contributed by atoms with Crippen LogP contribution in [0.1, 0.15) is 16.7 Å². The fraction of sp³-hybridized carbons (Fsp3) is 0.0556. The molecule has 0 spiro atoms. The van der Waals surface area contributed by atoms with Gasteiger partial charge in [-0.15, -0.1) is 0 Å². The van der Waals surface area contributed by atoms with E-state index in [-0.39, 0.29) is 5.56 Å². The number of hydrogen-bond acceptors (Lipinski definition) is 3. The summed E-state index contributed by atoms with van der Waals surface area (Å²) in [5.74, 6) is -0.427. The Morgan fingerprint density at radius 1 is 1.04 bits per heavy atom. The lowest BCUT2D eigenvalue weighted by Crippen LogP contribution is -2.08. The van der Waals surface area contributed by atoms with E-state index in [1.807, 2.05) is 6.07 Å². The van der Waals surface area contributed by atoms with Crippen molar-refractivity contribution in [2.45, 2.75) is 6.54 Å². The summed E-state index contributed by atoms with van der Waals surface area (Å²) in [7, 11) is 0. The monoisotopic (exact) mass is 357 g/mol. The summed E-state index contributed by atoms with van der Waals surface area (Å²) in [6, 6.07) is 9.97. The van der Waals surface area contributed by atoms with Crippen LogP contribution in [0.15, 0.2) is 53.9 Å². The number of rotatable bonds is 1. The number of aliphatic imine (C=N–C) groups is 1. The molecule has 0 fully saturated rings. The minimum atomic E-state index is -0.427. The molecule has 4 rings (SSSR count). The molecule has 6 heteroatoms. The molecule has 3 nitrogen and oxygen atoms in total. The van der Waals surface area contributed by atoms with Gasteiger partial charge in [0.05, 0.1) is 28.5 Å². The molecule has 0 saturated carbocycles. The maximum absolute atomic E-state index is 14.5. The minimum Gasteiger partial charge on any atom is -0.279 e. The number of hydrogen-bond donors (Lipinski definition) is 0. The molecule has 0 unspecified atom stereocenters. The summed E-state index contributed by atoms with van der Waals surface area (Å²) in [5, 5.41) is 0.836. The Kier molecular flexibility index (Phi) is 3.79. The zero-order chi connectivity index (χ0) is 16.7. The number of nitrogens with zero attached hydrogens (tertiary/aromatic N) is 3. The van der Waals surface area contributed by atoms with Gasteiger partial charge in [0.2, 0.25) is 0 Å². The summed E-state index contributed by atoms with van der Waals surface area (Å²) in [4.78, 5) is 13.0. The minimum absolute atomic E-state index is 0.267. The van der Waals surface area contributed by atoms with Crippen LogP contribution in [0.5, 0.6) is 0 Å². The Bertz CT molecular complexity index is 965. The van der Waals surface area contributed by atoms with Gasteiger partial charge in [0, 0.05) is 27.9 Å². The van der Waals surface area contributed by atoms with Crippen molar-refractivity contribution < 1.29 is 4.39 Å². The third-order valence-corrected chi connectivity index (χ3v) is 4.44. The first-order chi connectivity index (χ1) is 11.6. The van der Waals surface area contributed by atoms with Crippen LogP contribution in [0.25, 0.3) is 11.3 Å². The van der Waals surface area contributed by atoms with E-state index in [1.165, 1.54) is 12.4 Å². The standard InChI is InChI=1S/C18H10Cl2FN3/c19-11-4-5-12-13(6-11)18(16-14(20)2-1-3-15(16)21)23-8-10-7-22-9-24-17(10)12/h1-7,9H,8H2. The summed E-state index contributed by atoms with van der Waals surface area (Å²) in [5.41, 5.74) is 3.89. The van der Waals surface area contributed by atoms with Crippen molar-refractivity contribution in [1.29, 1.82) is 0 Å². The third-order valence-electron chi connectivity index (χ3n) is 3.89. The largest absolute Gasteiger partial charge is 0.279 e. The Balaban J connectivity index is 2.04. The molecule has 0 bridgehead atoms. The third kappa shape index (κ3) is 2.48. The molecule has 0 amide bonds. The van der Waals surface area contributed by atoms with Gasteiger partial charge in [0.15, 0.2) is 0 Å². The van der Waals surface area contributed by atoms with Crippen LogP contribution < -0.4 is 0 Å². The molecule has 0 saturated heterocycles. The predicted octanol–water partition coefficient (Wildman–Crippen LogP) is 4.94. The highest BCUT2D eigenvalue weighted by Gasteiger charge is 2.23. The van der Waals surface area contributed by atoms with Crippen molar-refractivity contribution >= 4 is 28.9 Å². The van der Waals surface area contributed by atoms with Crippen LogP contribution in [0.2, 0.25) is 10.0 Å². The van der Waals surface area contributed by atoms with E-state index in [0.29, 0.717) is 27.9 Å². The van der Waals surface area contributed by atoms with Crippen LogP contribution in [0.4, 0.5) is 4.39 Å². The molecule has 0 radical (unpaired) electrons. The smallest absolute Gasteiger partial charge is 0.134 e. The highest BCUT2D eigenvalue weighted by Crippen LogP contribution is 2.34. The van der Waals surface area contributed by atoms with Crippen molar-refractivity contribution in [1.82, 2.24) is 9.97 Å². The molecule has 3 aromatic rings. The number of halogens is 3. The molecule has 1 aliphatic heterocycles. The van der Waals surface area contributed by atoms with Gasteiger partial charge < -0.3 is 0 Å². The van der Waals surface area contributed by atoms with Crippen LogP contribution in [-0.2, 0) is 6.54 Å². The fourth-order valence-corrected chi connectivity index (χ4v) is 3.25. The number of benzene rings is 2. The molecule has 118 valence electrons. The molecule has 0 N–H and O–H groups in total. The summed E-state index contributed by atoms with van der Waals surface area (Å²) in [6.45, 7) is 0.336. The van der Waals surface area contributed by atoms with Crippen LogP contribution in [-0.4, -0.2) is 15.7 Å². The quantitative estimate of drug-likeness (QED) is 0.618. The van der Waals surface area contributed by atoms with Crippen LogP contribution >= 0.6 is 23.2 Å². The lowest BCUT2D eigenvalue weighted by atomic mass is 9.95. The average Bonchev–Trinajstić information content (AvgIpc) is 2.72. The molecular weight excluding hydrogens is 348 g/mol. The van der Waals surface area contributed by atoms with E-state index in [2.05, 4.69) is 15.0 Å². The second-order valence-corrected chi connectivity index (χ2v) is 6.19. The first-order valence-electron chi connectivity index (χ1n) is 7.23. The second-order valence-electron chi connectivity index (χ2n) is 5.35. The summed E-state index contributed by atoms with van der Waals surface area (Å²) < 4.78 is 14.5. The van der Waals surface area contributed by atoms with E-state index >= 15 is 0 Å². The Morgan fingerprint density at radius 2 is 1.92 bits per heavy atom. The van der Waals surface area contributed by atoms with E-state index in [1.54, 1.807) is 30.5 Å². The number of aromatic nitrogens is 2. The van der Waals surface area contributed by atoms with Crippen molar-refractivity contribution in [3.63, 3.8) is 0 Å². The zero-order valence-corrected chi connectivity index (χ0v) is 13.8. The molecular formula is C18H10Cl2FN3. The van der Waals surface area contributed by atoms with E-state index < -0.39 is 5.82 Å². The Labute approximate surface area is 147 Å². The van der Waals surface area contributed by atoms with Gasteiger partial charge in [-0.3, -0.25) is 4.99 Å². The first kappa shape index (κ1) is 15.2.